The summed E-state index contributed by atoms with van der Waals surface area (Å²) < 4.78 is 65.2. The van der Waals surface area contributed by atoms with E-state index in [0.29, 0.717) is 19.6 Å². The molecule has 16 heavy (non-hydrogen) atoms. The first kappa shape index (κ1) is 15.6. The first-order chi connectivity index (χ1) is 7.23. The second-order valence-electron chi connectivity index (χ2n) is 3.33. The van der Waals surface area contributed by atoms with Crippen molar-refractivity contribution in [1.82, 2.24) is 0 Å². The third-order valence-corrected chi connectivity index (χ3v) is 2.02. The van der Waals surface area contributed by atoms with Gasteiger partial charge in [-0.05, 0) is 26.2 Å². The number of alkyl halides is 5. The second-order valence-corrected chi connectivity index (χ2v) is 3.33. The minimum absolute atomic E-state index is 0.0623. The van der Waals surface area contributed by atoms with E-state index in [1.54, 1.807) is 6.92 Å². The largest absolute Gasteiger partial charge is 0.456 e. The molecule has 0 saturated heterocycles. The summed E-state index contributed by atoms with van der Waals surface area (Å²) in [5, 5.41) is 8.76. The Morgan fingerprint density at radius 2 is 1.69 bits per heavy atom. The molecule has 98 valence electrons. The number of hydrogen-bond acceptors (Lipinski definition) is 2. The Morgan fingerprint density at radius 1 is 1.12 bits per heavy atom. The summed E-state index contributed by atoms with van der Waals surface area (Å²) in [4.78, 5) is 0. The smallest absolute Gasteiger partial charge is 0.386 e. The normalized spacial score (nSPS) is 15.2. The van der Waals surface area contributed by atoms with E-state index >= 15 is 0 Å². The number of rotatable bonds is 7. The molecule has 2 nitrogen and oxygen atoms in total. The molecule has 0 aromatic rings. The van der Waals surface area contributed by atoms with Crippen LogP contribution >= 0.6 is 0 Å². The van der Waals surface area contributed by atoms with Crippen LogP contribution < -0.4 is 0 Å². The van der Waals surface area contributed by atoms with E-state index in [1.807, 2.05) is 0 Å². The Bertz CT molecular complexity index is 193. The molecule has 0 aliphatic heterocycles. The Morgan fingerprint density at radius 3 is 2.12 bits per heavy atom. The topological polar surface area (TPSA) is 29.5 Å². The van der Waals surface area contributed by atoms with Gasteiger partial charge in [-0.3, -0.25) is 0 Å². The van der Waals surface area contributed by atoms with Gasteiger partial charge in [0.15, 0.2) is 0 Å². The Hall–Kier alpha value is -0.430. The van der Waals surface area contributed by atoms with Crippen LogP contribution in [-0.2, 0) is 4.74 Å². The molecule has 0 bridgehead atoms. The lowest BCUT2D eigenvalue weighted by Crippen LogP contribution is -2.46. The predicted molar refractivity (Wildman–Crippen MR) is 47.4 cm³/mol. The van der Waals surface area contributed by atoms with E-state index in [4.69, 9.17) is 9.84 Å². The van der Waals surface area contributed by atoms with Crippen LogP contribution in [0.25, 0.3) is 0 Å². The molecule has 0 aliphatic rings. The van der Waals surface area contributed by atoms with Gasteiger partial charge in [0.2, 0.25) is 0 Å². The fourth-order valence-electron chi connectivity index (χ4n) is 1.06. The fraction of sp³-hybridized carbons (Fsp3) is 1.00. The Kier molecular flexibility index (Phi) is 6.17. The molecular formula is C9H15F5O2. The van der Waals surface area contributed by atoms with E-state index in [-0.39, 0.29) is 6.42 Å². The van der Waals surface area contributed by atoms with Gasteiger partial charge >= 0.3 is 12.1 Å². The van der Waals surface area contributed by atoms with Crippen molar-refractivity contribution in [2.45, 2.75) is 44.4 Å². The SMILES string of the molecule is CCOCCCCC(O)C(F)(F)C(F)(F)F. The number of aliphatic hydroxyl groups is 1. The van der Waals surface area contributed by atoms with Crippen LogP contribution in [0.3, 0.4) is 0 Å². The maximum atomic E-state index is 12.5. The summed E-state index contributed by atoms with van der Waals surface area (Å²) in [6.07, 6.45) is -8.58. The van der Waals surface area contributed by atoms with Gasteiger partial charge < -0.3 is 9.84 Å². The fourth-order valence-corrected chi connectivity index (χ4v) is 1.06. The van der Waals surface area contributed by atoms with Gasteiger partial charge in [0.25, 0.3) is 0 Å². The molecule has 1 atom stereocenters. The lowest BCUT2D eigenvalue weighted by Gasteiger charge is -2.24. The molecule has 0 aliphatic carbocycles. The van der Waals surface area contributed by atoms with E-state index in [2.05, 4.69) is 0 Å². The molecule has 0 fully saturated rings. The van der Waals surface area contributed by atoms with E-state index in [0.717, 1.165) is 0 Å². The average Bonchev–Trinajstić information content (AvgIpc) is 2.15. The molecule has 0 spiro atoms. The highest BCUT2D eigenvalue weighted by Gasteiger charge is 2.61. The predicted octanol–water partition coefficient (Wildman–Crippen LogP) is 2.75. The Balaban J connectivity index is 3.92. The molecule has 1 N–H and O–H groups in total. The third-order valence-electron chi connectivity index (χ3n) is 2.02. The van der Waals surface area contributed by atoms with Gasteiger partial charge in [0, 0.05) is 13.2 Å². The van der Waals surface area contributed by atoms with Gasteiger partial charge in [0.1, 0.15) is 6.10 Å². The van der Waals surface area contributed by atoms with Gasteiger partial charge in [-0.25, -0.2) is 0 Å². The summed E-state index contributed by atoms with van der Waals surface area (Å²) in [5.74, 6) is -5.04. The summed E-state index contributed by atoms with van der Waals surface area (Å²) in [6.45, 7) is 2.49. The Labute approximate surface area is 90.4 Å². The second kappa shape index (κ2) is 6.34. The molecule has 1 unspecified atom stereocenters. The van der Waals surface area contributed by atoms with Crippen molar-refractivity contribution >= 4 is 0 Å². The standard InChI is InChI=1S/C9H15F5O2/c1-2-16-6-4-3-5-7(15)8(10,11)9(12,13)14/h7,15H,2-6H2,1H3. The minimum atomic E-state index is -5.70. The lowest BCUT2D eigenvalue weighted by molar-refractivity contribution is -0.313. The van der Waals surface area contributed by atoms with Gasteiger partial charge in [0.05, 0.1) is 0 Å². The molecule has 0 heterocycles. The first-order valence-electron chi connectivity index (χ1n) is 4.93. The monoisotopic (exact) mass is 250 g/mol. The van der Waals surface area contributed by atoms with Crippen molar-refractivity contribution in [2.75, 3.05) is 13.2 Å². The van der Waals surface area contributed by atoms with Crippen molar-refractivity contribution < 1.29 is 31.8 Å². The summed E-state index contributed by atoms with van der Waals surface area (Å²) >= 11 is 0. The number of ether oxygens (including phenoxy) is 1. The van der Waals surface area contributed by atoms with Gasteiger partial charge in [-0.2, -0.15) is 22.0 Å². The van der Waals surface area contributed by atoms with E-state index < -0.39 is 24.6 Å². The van der Waals surface area contributed by atoms with Crippen LogP contribution in [0.15, 0.2) is 0 Å². The van der Waals surface area contributed by atoms with Crippen LogP contribution in [-0.4, -0.2) is 36.5 Å². The zero-order chi connectivity index (χ0) is 12.8. The van der Waals surface area contributed by atoms with Crippen LogP contribution in [0.1, 0.15) is 26.2 Å². The number of aliphatic hydroxyl groups excluding tert-OH is 1. The maximum absolute atomic E-state index is 12.5. The van der Waals surface area contributed by atoms with Crippen LogP contribution in [0.5, 0.6) is 0 Å². The van der Waals surface area contributed by atoms with Gasteiger partial charge in [-0.15, -0.1) is 0 Å². The summed E-state index contributed by atoms with van der Waals surface area (Å²) in [7, 11) is 0. The highest BCUT2D eigenvalue weighted by Crippen LogP contribution is 2.39. The van der Waals surface area contributed by atoms with Crippen LogP contribution in [0.2, 0.25) is 0 Å². The lowest BCUT2D eigenvalue weighted by atomic mass is 10.1. The van der Waals surface area contributed by atoms with Crippen LogP contribution in [0, 0.1) is 0 Å². The van der Waals surface area contributed by atoms with Crippen molar-refractivity contribution in [3.8, 4) is 0 Å². The highest BCUT2D eigenvalue weighted by molar-refractivity contribution is 4.83. The van der Waals surface area contributed by atoms with Crippen molar-refractivity contribution in [3.05, 3.63) is 0 Å². The van der Waals surface area contributed by atoms with E-state index in [9.17, 15) is 22.0 Å². The summed E-state index contributed by atoms with van der Waals surface area (Å²) in [6, 6.07) is 0. The molecule has 0 aromatic heterocycles. The zero-order valence-electron chi connectivity index (χ0n) is 8.86. The maximum Gasteiger partial charge on any atom is 0.456 e. The quantitative estimate of drug-likeness (QED) is 0.556. The van der Waals surface area contributed by atoms with E-state index in [1.165, 1.54) is 0 Å². The third kappa shape index (κ3) is 4.61. The molecule has 0 rings (SSSR count). The van der Waals surface area contributed by atoms with Crippen LogP contribution in [0.4, 0.5) is 22.0 Å². The highest BCUT2D eigenvalue weighted by atomic mass is 19.4. The van der Waals surface area contributed by atoms with Crippen molar-refractivity contribution in [1.29, 1.82) is 0 Å². The molecule has 0 aromatic carbocycles. The summed E-state index contributed by atoms with van der Waals surface area (Å²) in [5.41, 5.74) is 0. The number of unbranched alkanes of at least 4 members (excludes halogenated alkanes) is 1. The zero-order valence-corrected chi connectivity index (χ0v) is 8.86. The molecule has 0 radical (unpaired) electrons. The molecule has 0 saturated carbocycles. The van der Waals surface area contributed by atoms with Crippen molar-refractivity contribution in [3.63, 3.8) is 0 Å². The molecule has 0 amide bonds. The number of hydrogen-bond donors (Lipinski definition) is 1. The van der Waals surface area contributed by atoms with Gasteiger partial charge in [-0.1, -0.05) is 0 Å². The molecule has 7 heteroatoms. The number of halogens is 5. The minimum Gasteiger partial charge on any atom is -0.386 e. The first-order valence-corrected chi connectivity index (χ1v) is 4.93. The van der Waals surface area contributed by atoms with Crippen molar-refractivity contribution in [2.24, 2.45) is 0 Å². The average molecular weight is 250 g/mol. The molecular weight excluding hydrogens is 235 g/mol.